The molecule has 0 N–H and O–H groups in total. The molecule has 56 valence electrons. The van der Waals surface area contributed by atoms with Gasteiger partial charge in [-0.2, -0.15) is 5.10 Å². The van der Waals surface area contributed by atoms with Crippen molar-refractivity contribution in [2.75, 3.05) is 5.75 Å². The Labute approximate surface area is 65.6 Å². The second-order valence-corrected chi connectivity index (χ2v) is 3.29. The molecule has 0 aliphatic heterocycles. The van der Waals surface area contributed by atoms with Crippen molar-refractivity contribution in [1.82, 2.24) is 9.78 Å². The van der Waals surface area contributed by atoms with Crippen molar-refractivity contribution in [1.29, 1.82) is 0 Å². The molecule has 0 fully saturated rings. The van der Waals surface area contributed by atoms with Gasteiger partial charge in [0.05, 0.1) is 0 Å². The third-order valence-corrected chi connectivity index (χ3v) is 2.27. The van der Waals surface area contributed by atoms with E-state index in [1.807, 2.05) is 35.8 Å². The topological polar surface area (TPSA) is 17.8 Å². The van der Waals surface area contributed by atoms with E-state index in [-0.39, 0.29) is 0 Å². The summed E-state index contributed by atoms with van der Waals surface area (Å²) in [6, 6.07) is 2.04. The maximum Gasteiger partial charge on any atom is 0.118 e. The molecule has 1 heterocycles. The summed E-state index contributed by atoms with van der Waals surface area (Å²) < 4.78 is 1.83. The van der Waals surface area contributed by atoms with Crippen molar-refractivity contribution < 1.29 is 0 Å². The molecule has 0 unspecified atom stereocenters. The lowest BCUT2D eigenvalue weighted by Crippen LogP contribution is -1.86. The Morgan fingerprint density at radius 1 is 1.70 bits per heavy atom. The van der Waals surface area contributed by atoms with Crippen LogP contribution in [0.25, 0.3) is 0 Å². The van der Waals surface area contributed by atoms with Crippen LogP contribution in [0.3, 0.4) is 0 Å². The molecule has 0 spiro atoms. The van der Waals surface area contributed by atoms with Gasteiger partial charge in [-0.3, -0.25) is 4.68 Å². The highest BCUT2D eigenvalue weighted by atomic mass is 32.2. The van der Waals surface area contributed by atoms with E-state index in [1.165, 1.54) is 6.42 Å². The standard InChI is InChI=1S/C7H12N2S/c1-3-6-10-7-4-5-9(2)8-7/h4-5H,3,6H2,1-2H3. The van der Waals surface area contributed by atoms with Crippen LogP contribution in [-0.2, 0) is 7.05 Å². The van der Waals surface area contributed by atoms with Gasteiger partial charge in [0, 0.05) is 13.2 Å². The zero-order valence-electron chi connectivity index (χ0n) is 6.37. The number of rotatable bonds is 3. The minimum atomic E-state index is 1.13. The first-order valence-electron chi connectivity index (χ1n) is 3.45. The van der Waals surface area contributed by atoms with Crippen molar-refractivity contribution in [3.8, 4) is 0 Å². The van der Waals surface area contributed by atoms with E-state index in [2.05, 4.69) is 12.0 Å². The van der Waals surface area contributed by atoms with Crippen molar-refractivity contribution >= 4 is 11.8 Å². The van der Waals surface area contributed by atoms with Crippen molar-refractivity contribution in [3.05, 3.63) is 12.3 Å². The summed E-state index contributed by atoms with van der Waals surface area (Å²) in [4.78, 5) is 0. The van der Waals surface area contributed by atoms with Gasteiger partial charge in [0.25, 0.3) is 0 Å². The summed E-state index contributed by atoms with van der Waals surface area (Å²) in [6.07, 6.45) is 3.18. The van der Waals surface area contributed by atoms with Gasteiger partial charge >= 0.3 is 0 Å². The molecule has 0 saturated carbocycles. The Bertz CT molecular complexity index is 195. The third-order valence-electron chi connectivity index (χ3n) is 1.14. The lowest BCUT2D eigenvalue weighted by Gasteiger charge is -1.90. The molecule has 0 aliphatic rings. The molecular weight excluding hydrogens is 144 g/mol. The van der Waals surface area contributed by atoms with Gasteiger partial charge in [-0.05, 0) is 18.2 Å². The van der Waals surface area contributed by atoms with E-state index >= 15 is 0 Å². The molecule has 0 radical (unpaired) electrons. The molecule has 2 nitrogen and oxygen atoms in total. The van der Waals surface area contributed by atoms with Gasteiger partial charge in [0.2, 0.25) is 0 Å². The van der Waals surface area contributed by atoms with Crippen molar-refractivity contribution in [2.24, 2.45) is 7.05 Å². The fourth-order valence-corrected chi connectivity index (χ4v) is 1.43. The molecule has 0 bridgehead atoms. The quantitative estimate of drug-likeness (QED) is 0.622. The van der Waals surface area contributed by atoms with Crippen LogP contribution >= 0.6 is 11.8 Å². The van der Waals surface area contributed by atoms with Gasteiger partial charge in [-0.25, -0.2) is 0 Å². The van der Waals surface area contributed by atoms with Crippen LogP contribution in [0.2, 0.25) is 0 Å². The highest BCUT2D eigenvalue weighted by Gasteiger charge is 1.94. The molecule has 3 heteroatoms. The highest BCUT2D eigenvalue weighted by Crippen LogP contribution is 2.14. The molecule has 1 rings (SSSR count). The molecular formula is C7H12N2S. The molecule has 0 saturated heterocycles. The Morgan fingerprint density at radius 3 is 3.00 bits per heavy atom. The van der Waals surface area contributed by atoms with Crippen molar-refractivity contribution in [3.63, 3.8) is 0 Å². The fraction of sp³-hybridized carbons (Fsp3) is 0.571. The SMILES string of the molecule is CCCSc1ccn(C)n1. The Morgan fingerprint density at radius 2 is 2.50 bits per heavy atom. The minimum absolute atomic E-state index is 1.13. The average molecular weight is 156 g/mol. The maximum absolute atomic E-state index is 4.23. The van der Waals surface area contributed by atoms with E-state index in [0.29, 0.717) is 0 Å². The Kier molecular flexibility index (Phi) is 2.81. The second-order valence-electron chi connectivity index (χ2n) is 2.18. The molecule has 0 aliphatic carbocycles. The summed E-state index contributed by atoms with van der Waals surface area (Å²) in [5, 5.41) is 5.36. The van der Waals surface area contributed by atoms with Gasteiger partial charge in [0.1, 0.15) is 5.03 Å². The normalized spacial score (nSPS) is 10.2. The number of hydrogen-bond donors (Lipinski definition) is 0. The predicted molar refractivity (Wildman–Crippen MR) is 44.2 cm³/mol. The van der Waals surface area contributed by atoms with Gasteiger partial charge in [-0.1, -0.05) is 6.92 Å². The molecule has 1 aromatic rings. The van der Waals surface area contributed by atoms with Gasteiger partial charge < -0.3 is 0 Å². The number of aromatic nitrogens is 2. The van der Waals surface area contributed by atoms with E-state index in [9.17, 15) is 0 Å². The molecule has 1 aromatic heterocycles. The fourth-order valence-electron chi connectivity index (χ4n) is 0.677. The average Bonchev–Trinajstić information content (AvgIpc) is 2.31. The van der Waals surface area contributed by atoms with E-state index in [1.54, 1.807) is 0 Å². The Balaban J connectivity index is 2.42. The highest BCUT2D eigenvalue weighted by molar-refractivity contribution is 7.99. The van der Waals surface area contributed by atoms with E-state index in [0.717, 1.165) is 10.8 Å². The zero-order valence-corrected chi connectivity index (χ0v) is 7.19. The monoisotopic (exact) mass is 156 g/mol. The summed E-state index contributed by atoms with van der Waals surface area (Å²) in [5.74, 6) is 1.16. The van der Waals surface area contributed by atoms with E-state index < -0.39 is 0 Å². The van der Waals surface area contributed by atoms with Crippen LogP contribution in [0.1, 0.15) is 13.3 Å². The summed E-state index contributed by atoms with van der Waals surface area (Å²) >= 11 is 1.81. The van der Waals surface area contributed by atoms with Crippen LogP contribution in [-0.4, -0.2) is 15.5 Å². The number of thioether (sulfide) groups is 1. The lowest BCUT2D eigenvalue weighted by molar-refractivity contribution is 0.738. The van der Waals surface area contributed by atoms with E-state index in [4.69, 9.17) is 0 Å². The van der Waals surface area contributed by atoms with Crippen LogP contribution in [0.15, 0.2) is 17.3 Å². The molecule has 0 aromatic carbocycles. The second kappa shape index (κ2) is 3.66. The van der Waals surface area contributed by atoms with Crippen LogP contribution in [0, 0.1) is 0 Å². The number of nitrogens with zero attached hydrogens (tertiary/aromatic N) is 2. The first-order valence-corrected chi connectivity index (χ1v) is 4.44. The van der Waals surface area contributed by atoms with Crippen LogP contribution in [0.4, 0.5) is 0 Å². The smallest absolute Gasteiger partial charge is 0.118 e. The minimum Gasteiger partial charge on any atom is -0.275 e. The molecule has 0 atom stereocenters. The zero-order chi connectivity index (χ0) is 7.40. The lowest BCUT2D eigenvalue weighted by atomic mass is 10.6. The maximum atomic E-state index is 4.23. The Hall–Kier alpha value is -0.440. The number of hydrogen-bond acceptors (Lipinski definition) is 2. The first-order chi connectivity index (χ1) is 4.83. The largest absolute Gasteiger partial charge is 0.275 e. The van der Waals surface area contributed by atoms with Crippen LogP contribution < -0.4 is 0 Å². The van der Waals surface area contributed by atoms with Gasteiger partial charge in [0.15, 0.2) is 0 Å². The summed E-state index contributed by atoms with van der Waals surface area (Å²) in [5.41, 5.74) is 0. The summed E-state index contributed by atoms with van der Waals surface area (Å²) in [7, 11) is 1.94. The summed E-state index contributed by atoms with van der Waals surface area (Å²) in [6.45, 7) is 2.18. The van der Waals surface area contributed by atoms with Crippen LogP contribution in [0.5, 0.6) is 0 Å². The first kappa shape index (κ1) is 7.66. The number of aryl methyl sites for hydroxylation is 1. The predicted octanol–water partition coefficient (Wildman–Crippen LogP) is 1.92. The molecule has 10 heavy (non-hydrogen) atoms. The molecule has 0 amide bonds. The third kappa shape index (κ3) is 2.06. The van der Waals surface area contributed by atoms with Crippen molar-refractivity contribution in [2.45, 2.75) is 18.4 Å². The van der Waals surface area contributed by atoms with Gasteiger partial charge in [-0.15, -0.1) is 11.8 Å².